The summed E-state index contributed by atoms with van der Waals surface area (Å²) in [5.41, 5.74) is 1.01. The highest BCUT2D eigenvalue weighted by Crippen LogP contribution is 2.29. The van der Waals surface area contributed by atoms with E-state index in [2.05, 4.69) is 14.9 Å². The second-order valence-corrected chi connectivity index (χ2v) is 8.29. The van der Waals surface area contributed by atoms with Gasteiger partial charge in [-0.05, 0) is 56.9 Å². The molecule has 1 aromatic heterocycles. The Bertz CT molecular complexity index is 981. The average molecular weight is 394 g/mol. The second kappa shape index (κ2) is 7.75. The number of rotatable bonds is 4. The summed E-state index contributed by atoms with van der Waals surface area (Å²) in [5.74, 6) is 0.421. The van der Waals surface area contributed by atoms with E-state index in [1.807, 2.05) is 42.3 Å². The molecule has 0 radical (unpaired) electrons. The van der Waals surface area contributed by atoms with E-state index in [9.17, 15) is 4.39 Å². The van der Waals surface area contributed by atoms with Crippen LogP contribution in [-0.4, -0.2) is 41.3 Å². The molecule has 1 unspecified atom stereocenters. The van der Waals surface area contributed by atoms with E-state index in [1.165, 1.54) is 31.5 Å². The maximum absolute atomic E-state index is 13.5. The van der Waals surface area contributed by atoms with Crippen LogP contribution in [0.2, 0.25) is 0 Å². The van der Waals surface area contributed by atoms with Crippen molar-refractivity contribution >= 4 is 11.9 Å². The van der Waals surface area contributed by atoms with Gasteiger partial charge in [-0.1, -0.05) is 6.42 Å². The van der Waals surface area contributed by atoms with Crippen LogP contribution in [0.1, 0.15) is 39.0 Å². The molecule has 3 heterocycles. The Hall–Kier alpha value is -2.47. The fourth-order valence-corrected chi connectivity index (χ4v) is 4.46. The quantitative estimate of drug-likeness (QED) is 0.748. The standard InChI is InChI=1S/C23H27FN4O/c1-16-26-22-14-25-23(24)13-17(22)15-28(16)19-5-7-20(8-6-19)29-21-9-11-27(12-10-21)18-3-2-4-18/h5-8,13-16,18,21H,2-4,9-12H2,1H3. The van der Waals surface area contributed by atoms with Crippen LogP contribution in [0.5, 0.6) is 5.75 Å². The van der Waals surface area contributed by atoms with Crippen LogP contribution < -0.4 is 20.2 Å². The van der Waals surface area contributed by atoms with Crippen LogP contribution in [0, 0.1) is 5.95 Å². The molecule has 29 heavy (non-hydrogen) atoms. The first-order valence-electron chi connectivity index (χ1n) is 10.7. The van der Waals surface area contributed by atoms with Crippen LogP contribution in [0.25, 0.3) is 6.20 Å². The van der Waals surface area contributed by atoms with E-state index < -0.39 is 5.95 Å². The number of aromatic nitrogens is 1. The highest BCUT2D eigenvalue weighted by Gasteiger charge is 2.29. The minimum Gasteiger partial charge on any atom is -0.490 e. The molecule has 5 rings (SSSR count). The minimum absolute atomic E-state index is 0.0719. The lowest BCUT2D eigenvalue weighted by Gasteiger charge is -2.41. The first kappa shape index (κ1) is 18.6. The zero-order valence-corrected chi connectivity index (χ0v) is 16.8. The smallest absolute Gasteiger partial charge is 0.213 e. The number of pyridine rings is 1. The van der Waals surface area contributed by atoms with E-state index in [0.29, 0.717) is 6.10 Å². The number of hydrogen-bond donors (Lipinski definition) is 0. The number of fused-ring (bicyclic) bond motifs is 1. The molecule has 152 valence electrons. The molecule has 1 saturated carbocycles. The van der Waals surface area contributed by atoms with Gasteiger partial charge >= 0.3 is 0 Å². The van der Waals surface area contributed by atoms with Gasteiger partial charge in [-0.2, -0.15) is 4.39 Å². The highest BCUT2D eigenvalue weighted by molar-refractivity contribution is 5.61. The maximum Gasteiger partial charge on any atom is 0.213 e. The Balaban J connectivity index is 1.24. The van der Waals surface area contributed by atoms with Crippen molar-refractivity contribution in [2.24, 2.45) is 4.99 Å². The Labute approximate surface area is 170 Å². The van der Waals surface area contributed by atoms with E-state index in [0.717, 1.165) is 54.0 Å². The molecular formula is C23H27FN4O. The van der Waals surface area contributed by atoms with Crippen molar-refractivity contribution in [1.29, 1.82) is 0 Å². The van der Waals surface area contributed by atoms with E-state index in [4.69, 9.17) is 4.74 Å². The molecule has 2 fully saturated rings. The molecule has 2 aromatic rings. The topological polar surface area (TPSA) is 41.0 Å². The van der Waals surface area contributed by atoms with Gasteiger partial charge in [0.25, 0.3) is 0 Å². The lowest BCUT2D eigenvalue weighted by Crippen LogP contribution is -2.46. The van der Waals surface area contributed by atoms with Crippen molar-refractivity contribution in [1.82, 2.24) is 9.88 Å². The van der Waals surface area contributed by atoms with Crippen molar-refractivity contribution < 1.29 is 9.13 Å². The summed E-state index contributed by atoms with van der Waals surface area (Å²) in [5, 5.41) is 1.47. The molecule has 5 nitrogen and oxygen atoms in total. The number of anilines is 1. The van der Waals surface area contributed by atoms with Crippen molar-refractivity contribution in [3.8, 4) is 5.75 Å². The van der Waals surface area contributed by atoms with E-state index >= 15 is 0 Å². The van der Waals surface area contributed by atoms with Gasteiger partial charge in [0, 0.05) is 42.3 Å². The molecule has 2 aliphatic heterocycles. The van der Waals surface area contributed by atoms with Gasteiger partial charge in [-0.15, -0.1) is 0 Å². The summed E-state index contributed by atoms with van der Waals surface area (Å²) in [4.78, 5) is 13.0. The summed E-state index contributed by atoms with van der Waals surface area (Å²) >= 11 is 0. The third-order valence-corrected chi connectivity index (χ3v) is 6.39. The number of halogens is 1. The van der Waals surface area contributed by atoms with E-state index in [-0.39, 0.29) is 6.17 Å². The van der Waals surface area contributed by atoms with E-state index in [1.54, 1.807) is 0 Å². The van der Waals surface area contributed by atoms with Gasteiger partial charge < -0.3 is 14.5 Å². The lowest BCUT2D eigenvalue weighted by atomic mass is 9.90. The number of piperidine rings is 1. The molecule has 1 atom stereocenters. The monoisotopic (exact) mass is 394 g/mol. The Morgan fingerprint density at radius 2 is 1.83 bits per heavy atom. The van der Waals surface area contributed by atoms with Crippen molar-refractivity contribution in [3.05, 3.63) is 53.1 Å². The number of ether oxygens (including phenoxy) is 1. The summed E-state index contributed by atoms with van der Waals surface area (Å²) in [6, 6.07) is 10.4. The molecule has 0 spiro atoms. The predicted molar refractivity (Wildman–Crippen MR) is 111 cm³/mol. The first-order valence-corrected chi connectivity index (χ1v) is 10.7. The lowest BCUT2D eigenvalue weighted by molar-refractivity contribution is 0.0493. The fraction of sp³-hybridized carbons (Fsp3) is 0.478. The Morgan fingerprint density at radius 1 is 1.07 bits per heavy atom. The number of benzene rings is 1. The van der Waals surface area contributed by atoms with Gasteiger partial charge in [-0.3, -0.25) is 4.99 Å². The molecule has 1 aliphatic carbocycles. The molecule has 0 amide bonds. The summed E-state index contributed by atoms with van der Waals surface area (Å²) < 4.78 is 19.7. The van der Waals surface area contributed by atoms with Crippen LogP contribution >= 0.6 is 0 Å². The van der Waals surface area contributed by atoms with Gasteiger partial charge in [0.05, 0.1) is 11.6 Å². The van der Waals surface area contributed by atoms with Crippen molar-refractivity contribution in [2.75, 3.05) is 18.0 Å². The third kappa shape index (κ3) is 3.86. The van der Waals surface area contributed by atoms with Gasteiger partial charge in [0.2, 0.25) is 5.95 Å². The zero-order valence-electron chi connectivity index (χ0n) is 16.8. The average Bonchev–Trinajstić information content (AvgIpc) is 2.69. The summed E-state index contributed by atoms with van der Waals surface area (Å²) in [6.07, 6.45) is 10.00. The number of hydrogen-bond acceptors (Lipinski definition) is 5. The number of nitrogens with zero attached hydrogens (tertiary/aromatic N) is 4. The number of likely N-dealkylation sites (tertiary alicyclic amines) is 1. The normalized spacial score (nSPS) is 23.0. The molecule has 0 bridgehead atoms. The molecule has 1 saturated heterocycles. The Kier molecular flexibility index (Phi) is 4.96. The molecule has 3 aliphatic rings. The SMILES string of the molecule is CC1N=c2cnc(F)cc2=CN1c1ccc(OC2CCN(C3CCC3)CC2)cc1. The van der Waals surface area contributed by atoms with Crippen molar-refractivity contribution in [2.45, 2.75) is 57.3 Å². The largest absolute Gasteiger partial charge is 0.490 e. The van der Waals surface area contributed by atoms with Crippen LogP contribution in [0.3, 0.4) is 0 Å². The van der Waals surface area contributed by atoms with Crippen molar-refractivity contribution in [3.63, 3.8) is 0 Å². The zero-order chi connectivity index (χ0) is 19.8. The summed E-state index contributed by atoms with van der Waals surface area (Å²) in [7, 11) is 0. The van der Waals surface area contributed by atoms with Crippen LogP contribution in [0.15, 0.2) is 41.5 Å². The molecular weight excluding hydrogens is 367 g/mol. The molecule has 1 aromatic carbocycles. The fourth-order valence-electron chi connectivity index (χ4n) is 4.46. The van der Waals surface area contributed by atoms with Crippen LogP contribution in [-0.2, 0) is 0 Å². The predicted octanol–water partition coefficient (Wildman–Crippen LogP) is 2.84. The van der Waals surface area contributed by atoms with Crippen LogP contribution in [0.4, 0.5) is 10.1 Å². The highest BCUT2D eigenvalue weighted by atomic mass is 19.1. The maximum atomic E-state index is 13.5. The molecule has 0 N–H and O–H groups in total. The molecule has 6 heteroatoms. The van der Waals surface area contributed by atoms with Gasteiger partial charge in [-0.25, -0.2) is 4.98 Å². The Morgan fingerprint density at radius 3 is 2.52 bits per heavy atom. The minimum atomic E-state index is -0.489. The summed E-state index contributed by atoms with van der Waals surface area (Å²) in [6.45, 7) is 4.32. The second-order valence-electron chi connectivity index (χ2n) is 8.29. The third-order valence-electron chi connectivity index (χ3n) is 6.39. The van der Waals surface area contributed by atoms with Gasteiger partial charge in [0.15, 0.2) is 0 Å². The first-order chi connectivity index (χ1) is 14.2. The van der Waals surface area contributed by atoms with Gasteiger partial charge in [0.1, 0.15) is 18.0 Å².